The quantitative estimate of drug-likeness (QED) is 0.468. The normalized spacial score (nSPS) is 19.6. The van der Waals surface area contributed by atoms with Gasteiger partial charge in [-0.25, -0.2) is 5.01 Å². The number of rotatable bonds is 3. The van der Waals surface area contributed by atoms with E-state index in [-0.39, 0.29) is 11.8 Å². The molecule has 150 valence electrons. The Morgan fingerprint density at radius 3 is 2.43 bits per heavy atom. The predicted octanol–water partition coefficient (Wildman–Crippen LogP) is 6.05. The summed E-state index contributed by atoms with van der Waals surface area (Å²) in [6, 6.07) is 20.4. The fourth-order valence-electron chi connectivity index (χ4n) is 3.91. The van der Waals surface area contributed by atoms with Gasteiger partial charge in [-0.2, -0.15) is 5.10 Å². The molecule has 0 fully saturated rings. The molecule has 5 rings (SSSR count). The van der Waals surface area contributed by atoms with Crippen LogP contribution < -0.4 is 4.74 Å². The summed E-state index contributed by atoms with van der Waals surface area (Å²) in [5.41, 5.74) is 4.48. The van der Waals surface area contributed by atoms with Gasteiger partial charge in [0.25, 0.3) is 6.23 Å². The molecule has 2 aliphatic heterocycles. The molecule has 0 saturated heterocycles. The summed E-state index contributed by atoms with van der Waals surface area (Å²) in [7, 11) is 0. The zero-order valence-corrected chi connectivity index (χ0v) is 17.7. The zero-order valence-electron chi connectivity index (χ0n) is 16.2. The highest BCUT2D eigenvalue weighted by molar-refractivity contribution is 6.31. The average molecular weight is 437 g/mol. The first-order valence-corrected chi connectivity index (χ1v) is 10.4. The number of ether oxygens (including phenoxy) is 1. The number of carbonyl (C=O) groups is 1. The van der Waals surface area contributed by atoms with Crippen LogP contribution in [-0.4, -0.2) is 22.7 Å². The number of hydrogen-bond acceptors (Lipinski definition) is 4. The Morgan fingerprint density at radius 2 is 1.70 bits per heavy atom. The minimum absolute atomic E-state index is 0.123. The highest BCUT2D eigenvalue weighted by Crippen LogP contribution is 2.44. The molecule has 2 unspecified atom stereocenters. The van der Waals surface area contributed by atoms with Gasteiger partial charge < -0.3 is 4.74 Å². The Morgan fingerprint density at radius 1 is 1.00 bits per heavy atom. The van der Waals surface area contributed by atoms with E-state index in [1.54, 1.807) is 11.1 Å². The van der Waals surface area contributed by atoms with E-state index in [0.29, 0.717) is 27.8 Å². The summed E-state index contributed by atoms with van der Waals surface area (Å²) < 4.78 is 6.14. The third kappa shape index (κ3) is 3.36. The molecule has 0 radical (unpaired) electrons. The van der Waals surface area contributed by atoms with E-state index < -0.39 is 6.23 Å². The van der Waals surface area contributed by atoms with Gasteiger partial charge in [0, 0.05) is 27.6 Å². The maximum absolute atomic E-state index is 13.3. The van der Waals surface area contributed by atoms with Gasteiger partial charge >= 0.3 is 0 Å². The van der Waals surface area contributed by atoms with Crippen LogP contribution in [0.1, 0.15) is 39.5 Å². The van der Waals surface area contributed by atoms with Crippen LogP contribution in [0.4, 0.5) is 0 Å². The molecule has 30 heavy (non-hydrogen) atoms. The van der Waals surface area contributed by atoms with E-state index in [9.17, 15) is 4.79 Å². The monoisotopic (exact) mass is 436 g/mol. The first-order chi connectivity index (χ1) is 14.5. The van der Waals surface area contributed by atoms with Crippen LogP contribution in [0, 0.1) is 6.92 Å². The fraction of sp³-hybridized carbons (Fsp3) is 0.167. The molecular formula is C24H18Cl2N2O2. The van der Waals surface area contributed by atoms with Crippen LogP contribution >= 0.6 is 23.2 Å². The second-order valence-electron chi connectivity index (χ2n) is 7.54. The Kier molecular flexibility index (Phi) is 4.76. The van der Waals surface area contributed by atoms with Crippen molar-refractivity contribution in [2.24, 2.45) is 5.10 Å². The second-order valence-corrected chi connectivity index (χ2v) is 8.41. The van der Waals surface area contributed by atoms with Crippen LogP contribution in [0.2, 0.25) is 10.0 Å². The van der Waals surface area contributed by atoms with E-state index in [1.807, 2.05) is 67.6 Å². The number of hydrogen-bond donors (Lipinski definition) is 0. The van der Waals surface area contributed by atoms with Crippen molar-refractivity contribution in [3.05, 3.63) is 99.0 Å². The summed E-state index contributed by atoms with van der Waals surface area (Å²) in [4.78, 5) is 13.3. The first-order valence-electron chi connectivity index (χ1n) is 9.68. The molecule has 0 aliphatic carbocycles. The van der Waals surface area contributed by atoms with E-state index in [2.05, 4.69) is 0 Å². The van der Waals surface area contributed by atoms with Crippen molar-refractivity contribution in [3.8, 4) is 5.75 Å². The maximum Gasteiger partial charge on any atom is 0.251 e. The van der Waals surface area contributed by atoms with Crippen molar-refractivity contribution in [2.45, 2.75) is 25.6 Å². The van der Waals surface area contributed by atoms with Crippen molar-refractivity contribution in [2.75, 3.05) is 0 Å². The van der Waals surface area contributed by atoms with Crippen molar-refractivity contribution in [3.63, 3.8) is 0 Å². The lowest BCUT2D eigenvalue weighted by molar-refractivity contribution is -0.00455. The molecule has 0 saturated carbocycles. The lowest BCUT2D eigenvalue weighted by Crippen LogP contribution is -2.45. The van der Waals surface area contributed by atoms with Gasteiger partial charge in [0.05, 0.1) is 11.8 Å². The van der Waals surface area contributed by atoms with Crippen molar-refractivity contribution >= 4 is 34.7 Å². The van der Waals surface area contributed by atoms with Crippen LogP contribution in [0.3, 0.4) is 0 Å². The predicted molar refractivity (Wildman–Crippen MR) is 119 cm³/mol. The fourth-order valence-corrected chi connectivity index (χ4v) is 4.21. The second kappa shape index (κ2) is 7.46. The number of aryl methyl sites for hydroxylation is 1. The van der Waals surface area contributed by atoms with Gasteiger partial charge in [0.1, 0.15) is 5.75 Å². The van der Waals surface area contributed by atoms with Crippen LogP contribution in [-0.2, 0) is 0 Å². The smallest absolute Gasteiger partial charge is 0.251 e. The molecule has 2 heterocycles. The van der Waals surface area contributed by atoms with Gasteiger partial charge in [-0.05, 0) is 42.8 Å². The summed E-state index contributed by atoms with van der Waals surface area (Å²) in [6.07, 6.45) is -0.188. The topological polar surface area (TPSA) is 41.9 Å². The minimum Gasteiger partial charge on any atom is -0.461 e. The Labute approximate surface area is 184 Å². The number of halogens is 2. The SMILES string of the molecule is Cc1ccc(C(=O)C2Oc3ccc(Cl)cc3C3CC(c4ccc(Cl)cc4)=NN23)cc1. The van der Waals surface area contributed by atoms with Crippen LogP contribution in [0.5, 0.6) is 5.75 Å². The van der Waals surface area contributed by atoms with Crippen molar-refractivity contribution in [1.82, 2.24) is 5.01 Å². The van der Waals surface area contributed by atoms with Crippen LogP contribution in [0.15, 0.2) is 71.8 Å². The lowest BCUT2D eigenvalue weighted by Gasteiger charge is -2.37. The first kappa shape index (κ1) is 19.2. The molecule has 0 bridgehead atoms. The van der Waals surface area contributed by atoms with Crippen molar-refractivity contribution < 1.29 is 9.53 Å². The molecule has 4 nitrogen and oxygen atoms in total. The number of carbonyl (C=O) groups excluding carboxylic acids is 1. The third-order valence-corrected chi connectivity index (χ3v) is 5.98. The Bertz CT molecular complexity index is 1160. The molecule has 2 aliphatic rings. The Balaban J connectivity index is 1.57. The van der Waals surface area contributed by atoms with Gasteiger partial charge in [-0.1, -0.05) is 65.2 Å². The van der Waals surface area contributed by atoms with Crippen molar-refractivity contribution in [1.29, 1.82) is 0 Å². The van der Waals surface area contributed by atoms with Gasteiger partial charge in [-0.3, -0.25) is 4.79 Å². The van der Waals surface area contributed by atoms with Gasteiger partial charge in [0.2, 0.25) is 5.78 Å². The van der Waals surface area contributed by atoms with Gasteiger partial charge in [-0.15, -0.1) is 0 Å². The molecule has 0 aromatic heterocycles. The lowest BCUT2D eigenvalue weighted by atomic mass is 9.95. The molecule has 0 amide bonds. The number of fused-ring (bicyclic) bond motifs is 3. The molecule has 0 spiro atoms. The van der Waals surface area contributed by atoms with Crippen LogP contribution in [0.25, 0.3) is 0 Å². The number of ketones is 1. The summed E-state index contributed by atoms with van der Waals surface area (Å²) in [5.74, 6) is 0.542. The average Bonchev–Trinajstić information content (AvgIpc) is 3.19. The summed E-state index contributed by atoms with van der Waals surface area (Å²) >= 11 is 12.3. The van der Waals surface area contributed by atoms with E-state index in [0.717, 1.165) is 22.4 Å². The third-order valence-electron chi connectivity index (χ3n) is 5.49. The van der Waals surface area contributed by atoms with Gasteiger partial charge in [0.15, 0.2) is 0 Å². The van der Waals surface area contributed by atoms with E-state index >= 15 is 0 Å². The molecule has 3 aromatic rings. The summed E-state index contributed by atoms with van der Waals surface area (Å²) in [5, 5.41) is 7.87. The number of hydrazone groups is 1. The highest BCUT2D eigenvalue weighted by atomic mass is 35.5. The standard InChI is InChI=1S/C24H18Cl2N2O2/c1-14-2-4-16(5-3-14)23(29)24-28-21(19-12-18(26)10-11-22(19)30-24)13-20(27-28)15-6-8-17(25)9-7-15/h2-12,21,24H,13H2,1H3. The highest BCUT2D eigenvalue weighted by Gasteiger charge is 2.43. The number of benzene rings is 3. The maximum atomic E-state index is 13.3. The number of nitrogens with zero attached hydrogens (tertiary/aromatic N) is 2. The molecule has 2 atom stereocenters. The molecule has 6 heteroatoms. The number of Topliss-reactive ketones (excluding diaryl/α,β-unsaturated/α-hetero) is 1. The minimum atomic E-state index is -0.837. The summed E-state index contributed by atoms with van der Waals surface area (Å²) in [6.45, 7) is 1.99. The van der Waals surface area contributed by atoms with E-state index in [1.165, 1.54) is 0 Å². The largest absolute Gasteiger partial charge is 0.461 e. The zero-order chi connectivity index (χ0) is 20.8. The van der Waals surface area contributed by atoms with E-state index in [4.69, 9.17) is 33.0 Å². The molecular weight excluding hydrogens is 419 g/mol. The molecule has 3 aromatic carbocycles. The molecule has 0 N–H and O–H groups in total. The Hall–Kier alpha value is -2.82.